The minimum Gasteiger partial charge on any atom is -0.487 e. The highest BCUT2D eigenvalue weighted by Gasteiger charge is 2.33. The van der Waals surface area contributed by atoms with Gasteiger partial charge in [-0.15, -0.1) is 0 Å². The Hall–Kier alpha value is -3.65. The van der Waals surface area contributed by atoms with E-state index in [-0.39, 0.29) is 24.8 Å². The molecule has 0 spiro atoms. The van der Waals surface area contributed by atoms with Crippen molar-refractivity contribution in [3.8, 4) is 5.88 Å². The number of hydrogen-bond acceptors (Lipinski definition) is 6. The van der Waals surface area contributed by atoms with Gasteiger partial charge in [0.15, 0.2) is 0 Å². The maximum Gasteiger partial charge on any atom is 0.313 e. The Kier molecular flexibility index (Phi) is 5.14. The third kappa shape index (κ3) is 3.73. The number of fused-ring (bicyclic) bond motifs is 2. The molecule has 0 aliphatic carbocycles. The minimum absolute atomic E-state index is 0.0579. The zero-order chi connectivity index (χ0) is 22.2. The lowest BCUT2D eigenvalue weighted by Crippen LogP contribution is -2.11. The van der Waals surface area contributed by atoms with Crippen LogP contribution in [0.1, 0.15) is 33.9 Å². The molecule has 0 bridgehead atoms. The molecule has 2 aliphatic rings. The van der Waals surface area contributed by atoms with Crippen LogP contribution in [0.3, 0.4) is 0 Å². The molecule has 0 fully saturated rings. The van der Waals surface area contributed by atoms with E-state index in [9.17, 15) is 14.0 Å². The zero-order valence-electron chi connectivity index (χ0n) is 16.7. The lowest BCUT2D eigenvalue weighted by Gasteiger charge is -2.12. The Morgan fingerprint density at radius 3 is 2.88 bits per heavy atom. The highest BCUT2D eigenvalue weighted by atomic mass is 32.1. The predicted molar refractivity (Wildman–Crippen MR) is 119 cm³/mol. The van der Waals surface area contributed by atoms with Crippen molar-refractivity contribution in [3.05, 3.63) is 88.9 Å². The standard InChI is InChI=1S/C24H17FN2O4S/c25-15-5-7-18-17(10-15)22(24(29)27-18)23-16-6-4-13(9-14(16)12-30-23)19(32)11-21(28)31-20-3-1-2-8-26-20/h1-10,19,32H,11-12H2,(H,27,29). The number of halogens is 1. The molecule has 6 nitrogen and oxygen atoms in total. The predicted octanol–water partition coefficient (Wildman–Crippen LogP) is 4.54. The number of rotatable bonds is 4. The summed E-state index contributed by atoms with van der Waals surface area (Å²) in [6, 6.07) is 14.8. The molecule has 5 rings (SSSR count). The van der Waals surface area contributed by atoms with E-state index in [0.29, 0.717) is 22.6 Å². The average Bonchev–Trinajstić information content (AvgIpc) is 3.33. The van der Waals surface area contributed by atoms with E-state index >= 15 is 0 Å². The van der Waals surface area contributed by atoms with Crippen molar-refractivity contribution in [1.29, 1.82) is 0 Å². The normalized spacial score (nSPS) is 17.2. The van der Waals surface area contributed by atoms with Gasteiger partial charge >= 0.3 is 5.97 Å². The van der Waals surface area contributed by atoms with Crippen LogP contribution in [0.5, 0.6) is 5.88 Å². The van der Waals surface area contributed by atoms with Crippen molar-refractivity contribution in [1.82, 2.24) is 4.98 Å². The fraction of sp³-hybridized carbons (Fsp3) is 0.125. The van der Waals surface area contributed by atoms with Crippen LogP contribution in [0, 0.1) is 5.82 Å². The number of amides is 1. The summed E-state index contributed by atoms with van der Waals surface area (Å²) in [5.74, 6) is -0.546. The summed E-state index contributed by atoms with van der Waals surface area (Å²) in [4.78, 5) is 28.7. The van der Waals surface area contributed by atoms with E-state index in [1.807, 2.05) is 18.2 Å². The first-order chi connectivity index (χ1) is 15.5. The van der Waals surface area contributed by atoms with Crippen LogP contribution in [0.2, 0.25) is 0 Å². The first-order valence-corrected chi connectivity index (χ1v) is 10.4. The summed E-state index contributed by atoms with van der Waals surface area (Å²) >= 11 is 4.56. The Bertz CT molecular complexity index is 1280. The molecule has 0 saturated heterocycles. The van der Waals surface area contributed by atoms with Gasteiger partial charge in [0.05, 0.1) is 12.0 Å². The van der Waals surface area contributed by atoms with Crippen LogP contribution in [0.15, 0.2) is 60.8 Å². The third-order valence-corrected chi connectivity index (χ3v) is 5.78. The van der Waals surface area contributed by atoms with Crippen molar-refractivity contribution in [2.75, 3.05) is 5.32 Å². The maximum atomic E-state index is 13.8. The second-order valence-electron chi connectivity index (χ2n) is 7.42. The van der Waals surface area contributed by atoms with Gasteiger partial charge in [0.1, 0.15) is 18.2 Å². The molecule has 2 aromatic carbocycles. The largest absolute Gasteiger partial charge is 0.487 e. The summed E-state index contributed by atoms with van der Waals surface area (Å²) in [5, 5.41) is 2.35. The summed E-state index contributed by atoms with van der Waals surface area (Å²) < 4.78 is 24.8. The van der Waals surface area contributed by atoms with Gasteiger partial charge < -0.3 is 14.8 Å². The van der Waals surface area contributed by atoms with Crippen LogP contribution < -0.4 is 10.1 Å². The summed E-state index contributed by atoms with van der Waals surface area (Å²) in [6.07, 6.45) is 1.60. The monoisotopic (exact) mass is 448 g/mol. The number of carbonyl (C=O) groups is 2. The van der Waals surface area contributed by atoms with Gasteiger partial charge in [0, 0.05) is 39.9 Å². The highest BCUT2D eigenvalue weighted by molar-refractivity contribution is 7.80. The van der Waals surface area contributed by atoms with E-state index in [2.05, 4.69) is 22.9 Å². The summed E-state index contributed by atoms with van der Waals surface area (Å²) in [7, 11) is 0. The minimum atomic E-state index is -0.440. The van der Waals surface area contributed by atoms with Crippen molar-refractivity contribution < 1.29 is 23.5 Å². The maximum absolute atomic E-state index is 13.8. The zero-order valence-corrected chi connectivity index (χ0v) is 17.6. The van der Waals surface area contributed by atoms with Gasteiger partial charge in [-0.3, -0.25) is 9.59 Å². The van der Waals surface area contributed by atoms with Gasteiger partial charge in [-0.2, -0.15) is 12.6 Å². The Labute approximate surface area is 188 Å². The molecule has 160 valence electrons. The van der Waals surface area contributed by atoms with Crippen molar-refractivity contribution in [2.45, 2.75) is 18.3 Å². The first kappa shape index (κ1) is 20.3. The quantitative estimate of drug-likeness (QED) is 0.348. The number of aromatic nitrogens is 1. The second kappa shape index (κ2) is 8.12. The first-order valence-electron chi connectivity index (χ1n) is 9.91. The molecule has 1 N–H and O–H groups in total. The SMILES string of the molecule is O=C(CC(S)c1ccc2c(c1)COC2=C1C(=O)Nc2ccc(F)cc21)Oc1ccccn1. The van der Waals surface area contributed by atoms with Crippen LogP contribution >= 0.6 is 12.6 Å². The van der Waals surface area contributed by atoms with E-state index in [4.69, 9.17) is 9.47 Å². The van der Waals surface area contributed by atoms with Crippen molar-refractivity contribution in [2.24, 2.45) is 0 Å². The highest BCUT2D eigenvalue weighted by Crippen LogP contribution is 2.42. The molecule has 0 radical (unpaired) electrons. The number of carbonyl (C=O) groups excluding carboxylic acids is 2. The molecule has 1 amide bonds. The van der Waals surface area contributed by atoms with Gasteiger partial charge in [0.25, 0.3) is 5.91 Å². The number of anilines is 1. The molecule has 8 heteroatoms. The fourth-order valence-electron chi connectivity index (χ4n) is 3.80. The van der Waals surface area contributed by atoms with Crippen LogP contribution in [0.4, 0.5) is 10.1 Å². The molecule has 1 aromatic heterocycles. The van der Waals surface area contributed by atoms with Crippen molar-refractivity contribution >= 4 is 41.5 Å². The summed E-state index contributed by atoms with van der Waals surface area (Å²) in [5.41, 5.74) is 3.78. The third-order valence-electron chi connectivity index (χ3n) is 5.30. The van der Waals surface area contributed by atoms with E-state index < -0.39 is 17.0 Å². The van der Waals surface area contributed by atoms with E-state index in [1.165, 1.54) is 18.2 Å². The lowest BCUT2D eigenvalue weighted by molar-refractivity contribution is -0.134. The topological polar surface area (TPSA) is 77.5 Å². The fourth-order valence-corrected chi connectivity index (χ4v) is 4.11. The summed E-state index contributed by atoms with van der Waals surface area (Å²) in [6.45, 7) is 0.263. The van der Waals surface area contributed by atoms with E-state index in [0.717, 1.165) is 16.7 Å². The number of ether oxygens (including phenoxy) is 2. The smallest absolute Gasteiger partial charge is 0.313 e. The molecule has 2 aliphatic heterocycles. The van der Waals surface area contributed by atoms with Crippen molar-refractivity contribution in [3.63, 3.8) is 0 Å². The van der Waals surface area contributed by atoms with E-state index in [1.54, 1.807) is 24.4 Å². The Morgan fingerprint density at radius 1 is 1.19 bits per heavy atom. The molecule has 0 saturated carbocycles. The van der Waals surface area contributed by atoms with Gasteiger partial charge in [-0.1, -0.05) is 24.3 Å². The molecule has 1 unspecified atom stereocenters. The van der Waals surface area contributed by atoms with Gasteiger partial charge in [-0.05, 0) is 29.8 Å². The number of nitrogens with one attached hydrogen (secondary N) is 1. The number of pyridine rings is 1. The molecule has 1 atom stereocenters. The molecule has 3 aromatic rings. The number of benzene rings is 2. The number of esters is 1. The van der Waals surface area contributed by atoms with Gasteiger partial charge in [-0.25, -0.2) is 9.37 Å². The Balaban J connectivity index is 1.39. The molecule has 3 heterocycles. The number of hydrogen-bond donors (Lipinski definition) is 2. The average molecular weight is 448 g/mol. The lowest BCUT2D eigenvalue weighted by atomic mass is 9.97. The van der Waals surface area contributed by atoms with Gasteiger partial charge in [0.2, 0.25) is 5.88 Å². The number of thiol groups is 1. The molecular weight excluding hydrogens is 431 g/mol. The second-order valence-corrected chi connectivity index (χ2v) is 8.04. The molecular formula is C24H17FN2O4S. The Morgan fingerprint density at radius 2 is 2.06 bits per heavy atom. The van der Waals surface area contributed by atoms with Crippen LogP contribution in [-0.4, -0.2) is 16.9 Å². The molecule has 32 heavy (non-hydrogen) atoms. The number of nitrogens with zero attached hydrogens (tertiary/aromatic N) is 1. The van der Waals surface area contributed by atoms with Crippen LogP contribution in [-0.2, 0) is 20.9 Å². The van der Waals surface area contributed by atoms with Crippen LogP contribution in [0.25, 0.3) is 11.3 Å².